The van der Waals surface area contributed by atoms with Gasteiger partial charge in [-0.2, -0.15) is 5.26 Å². The molecule has 0 radical (unpaired) electrons. The molecule has 7 nitrogen and oxygen atoms in total. The first-order valence-electron chi connectivity index (χ1n) is 6.65. The van der Waals surface area contributed by atoms with Gasteiger partial charge in [-0.1, -0.05) is 0 Å². The van der Waals surface area contributed by atoms with Crippen LogP contribution in [0.5, 0.6) is 0 Å². The summed E-state index contributed by atoms with van der Waals surface area (Å²) in [5, 5.41) is 11.4. The zero-order valence-electron chi connectivity index (χ0n) is 10.8. The zero-order chi connectivity index (χ0) is 13.1. The molecule has 1 atom stereocenters. The first-order chi connectivity index (χ1) is 9.31. The van der Waals surface area contributed by atoms with Crippen molar-refractivity contribution in [2.24, 2.45) is 4.99 Å². The van der Waals surface area contributed by atoms with Crippen LogP contribution in [0.1, 0.15) is 12.8 Å². The van der Waals surface area contributed by atoms with Crippen molar-refractivity contribution in [2.75, 3.05) is 39.5 Å². The van der Waals surface area contributed by atoms with E-state index in [1.54, 1.807) is 0 Å². The molecule has 3 aliphatic heterocycles. The van der Waals surface area contributed by atoms with E-state index in [1.807, 2.05) is 11.1 Å². The van der Waals surface area contributed by atoms with E-state index in [2.05, 4.69) is 10.3 Å². The van der Waals surface area contributed by atoms with Crippen molar-refractivity contribution in [1.82, 2.24) is 10.2 Å². The second-order valence-electron chi connectivity index (χ2n) is 5.00. The van der Waals surface area contributed by atoms with Crippen LogP contribution in [0.15, 0.2) is 4.99 Å². The minimum atomic E-state index is -0.640. The maximum atomic E-state index is 8.79. The number of hydrogen-bond donors (Lipinski definition) is 1. The lowest BCUT2D eigenvalue weighted by molar-refractivity contribution is -0.161. The van der Waals surface area contributed by atoms with Crippen molar-refractivity contribution >= 4 is 5.96 Å². The lowest BCUT2D eigenvalue weighted by atomic mass is 10.2. The molecule has 0 aliphatic carbocycles. The average Bonchev–Trinajstić information content (AvgIpc) is 3.06. The fourth-order valence-electron chi connectivity index (χ4n) is 2.74. The predicted molar refractivity (Wildman–Crippen MR) is 66.2 cm³/mol. The molecule has 1 N–H and O–H groups in total. The number of nitriles is 1. The minimum absolute atomic E-state index is 0.197. The van der Waals surface area contributed by atoms with Crippen molar-refractivity contribution < 1.29 is 14.2 Å². The lowest BCUT2D eigenvalue weighted by Crippen LogP contribution is -2.57. The molecule has 0 bridgehead atoms. The van der Waals surface area contributed by atoms with Crippen molar-refractivity contribution in [1.29, 1.82) is 5.26 Å². The highest BCUT2D eigenvalue weighted by molar-refractivity contribution is 5.82. The van der Waals surface area contributed by atoms with Gasteiger partial charge in [0.25, 0.3) is 0 Å². The first-order valence-corrected chi connectivity index (χ1v) is 6.65. The van der Waals surface area contributed by atoms with Crippen LogP contribution < -0.4 is 5.32 Å². The van der Waals surface area contributed by atoms with Crippen molar-refractivity contribution in [3.05, 3.63) is 0 Å². The molecule has 0 aromatic heterocycles. The van der Waals surface area contributed by atoms with E-state index >= 15 is 0 Å². The molecular weight excluding hydrogens is 248 g/mol. The maximum Gasteiger partial charge on any atom is 0.207 e. The van der Waals surface area contributed by atoms with Crippen molar-refractivity contribution in [3.8, 4) is 6.19 Å². The largest absolute Gasteiger partial charge is 0.376 e. The predicted octanol–water partition coefficient (Wildman–Crippen LogP) is -0.349. The number of aliphatic imine (C=N–C) groups is 1. The third-order valence-electron chi connectivity index (χ3n) is 3.63. The molecular formula is C12H18N4O3. The fraction of sp³-hybridized carbons (Fsp3) is 0.833. The standard InChI is InChI=1S/C12H18N4O3/c13-9-15-11-14-7-12(18-4-5-19-12)8-16(11)6-10-2-1-3-17-10/h10H,1-8H2,(H,14,15). The number of ether oxygens (including phenoxy) is 3. The summed E-state index contributed by atoms with van der Waals surface area (Å²) < 4.78 is 17.0. The van der Waals surface area contributed by atoms with E-state index in [-0.39, 0.29) is 6.10 Å². The Labute approximate surface area is 112 Å². The van der Waals surface area contributed by atoms with Gasteiger partial charge in [0.15, 0.2) is 6.19 Å². The number of guanidine groups is 1. The number of rotatable bonds is 2. The zero-order valence-corrected chi connectivity index (χ0v) is 10.8. The number of hydrogen-bond acceptors (Lipinski definition) is 7. The Morgan fingerprint density at radius 1 is 1.42 bits per heavy atom. The van der Waals surface area contributed by atoms with Crippen molar-refractivity contribution in [3.63, 3.8) is 0 Å². The van der Waals surface area contributed by atoms with Crippen LogP contribution >= 0.6 is 0 Å². The van der Waals surface area contributed by atoms with Gasteiger partial charge >= 0.3 is 0 Å². The number of nitrogens with zero attached hydrogens (tertiary/aromatic N) is 3. The summed E-state index contributed by atoms with van der Waals surface area (Å²) in [6, 6.07) is 0. The van der Waals surface area contributed by atoms with E-state index in [0.29, 0.717) is 38.8 Å². The van der Waals surface area contributed by atoms with Crippen LogP contribution in [-0.4, -0.2) is 62.2 Å². The molecule has 1 unspecified atom stereocenters. The van der Waals surface area contributed by atoms with E-state index in [4.69, 9.17) is 19.5 Å². The van der Waals surface area contributed by atoms with E-state index in [0.717, 1.165) is 19.4 Å². The molecule has 19 heavy (non-hydrogen) atoms. The normalized spacial score (nSPS) is 29.3. The molecule has 0 amide bonds. The van der Waals surface area contributed by atoms with Gasteiger partial charge in [-0.05, 0) is 12.8 Å². The minimum Gasteiger partial charge on any atom is -0.376 e. The summed E-state index contributed by atoms with van der Waals surface area (Å²) in [7, 11) is 0. The summed E-state index contributed by atoms with van der Waals surface area (Å²) in [6.07, 6.45) is 4.26. The summed E-state index contributed by atoms with van der Waals surface area (Å²) in [5.74, 6) is -0.0538. The Balaban J connectivity index is 1.71. The topological polar surface area (TPSA) is 79.1 Å². The molecule has 0 aromatic rings. The number of nitrogens with one attached hydrogen (secondary N) is 1. The van der Waals surface area contributed by atoms with Crippen LogP contribution in [-0.2, 0) is 14.2 Å². The second kappa shape index (κ2) is 5.33. The molecule has 1 spiro atoms. The van der Waals surface area contributed by atoms with Crippen LogP contribution in [0, 0.1) is 11.5 Å². The summed E-state index contributed by atoms with van der Waals surface area (Å²) in [5.41, 5.74) is 0. The third-order valence-corrected chi connectivity index (χ3v) is 3.63. The van der Waals surface area contributed by atoms with Gasteiger partial charge in [0, 0.05) is 13.2 Å². The van der Waals surface area contributed by atoms with Crippen LogP contribution in [0.4, 0.5) is 0 Å². The summed E-state index contributed by atoms with van der Waals surface area (Å²) in [4.78, 5) is 6.38. The Bertz CT molecular complexity index is 394. The van der Waals surface area contributed by atoms with Gasteiger partial charge in [0.2, 0.25) is 11.7 Å². The van der Waals surface area contributed by atoms with Gasteiger partial charge in [0.1, 0.15) is 0 Å². The van der Waals surface area contributed by atoms with Gasteiger partial charge < -0.3 is 19.1 Å². The SMILES string of the molecule is N#CNC1=NCC2(CN1CC1CCCO1)OCCO2. The van der Waals surface area contributed by atoms with Crippen molar-refractivity contribution in [2.45, 2.75) is 24.7 Å². The maximum absolute atomic E-state index is 8.79. The highest BCUT2D eigenvalue weighted by Gasteiger charge is 2.42. The molecule has 3 rings (SSSR count). The molecule has 0 aromatic carbocycles. The second-order valence-corrected chi connectivity index (χ2v) is 5.00. The monoisotopic (exact) mass is 266 g/mol. The molecule has 3 heterocycles. The van der Waals surface area contributed by atoms with Crippen LogP contribution in [0.2, 0.25) is 0 Å². The average molecular weight is 266 g/mol. The van der Waals surface area contributed by atoms with Gasteiger partial charge in [0.05, 0.1) is 32.4 Å². The van der Waals surface area contributed by atoms with Gasteiger partial charge in [-0.15, -0.1) is 0 Å². The molecule has 3 aliphatic rings. The molecule has 2 fully saturated rings. The quantitative estimate of drug-likeness (QED) is 0.543. The summed E-state index contributed by atoms with van der Waals surface area (Å²) in [6.45, 7) is 3.74. The van der Waals surface area contributed by atoms with Gasteiger partial charge in [-0.25, -0.2) is 4.99 Å². The Kier molecular flexibility index (Phi) is 3.55. The smallest absolute Gasteiger partial charge is 0.207 e. The molecule has 2 saturated heterocycles. The highest BCUT2D eigenvalue weighted by atomic mass is 16.7. The van der Waals surface area contributed by atoms with Gasteiger partial charge in [-0.3, -0.25) is 5.32 Å². The highest BCUT2D eigenvalue weighted by Crippen LogP contribution is 2.25. The summed E-state index contributed by atoms with van der Waals surface area (Å²) >= 11 is 0. The Morgan fingerprint density at radius 3 is 2.95 bits per heavy atom. The third kappa shape index (κ3) is 2.66. The Morgan fingerprint density at radius 2 is 2.26 bits per heavy atom. The van der Waals surface area contributed by atoms with E-state index < -0.39 is 5.79 Å². The van der Waals surface area contributed by atoms with E-state index in [9.17, 15) is 0 Å². The van der Waals surface area contributed by atoms with Crippen LogP contribution in [0.3, 0.4) is 0 Å². The molecule has 7 heteroatoms. The fourth-order valence-corrected chi connectivity index (χ4v) is 2.74. The lowest BCUT2D eigenvalue weighted by Gasteiger charge is -2.38. The molecule has 104 valence electrons. The first kappa shape index (κ1) is 12.7. The Hall–Kier alpha value is -1.36. The van der Waals surface area contributed by atoms with E-state index in [1.165, 1.54) is 0 Å². The van der Waals surface area contributed by atoms with Crippen LogP contribution in [0.25, 0.3) is 0 Å². The molecule has 0 saturated carbocycles.